The largest absolute Gasteiger partial charge is 0.343 e. The van der Waals surface area contributed by atoms with E-state index in [2.05, 4.69) is 26.9 Å². The molecule has 7 nitrogen and oxygen atoms in total. The van der Waals surface area contributed by atoms with Gasteiger partial charge in [-0.05, 0) is 24.8 Å². The predicted octanol–water partition coefficient (Wildman–Crippen LogP) is 1.98. The molecule has 0 radical (unpaired) electrons. The van der Waals surface area contributed by atoms with Gasteiger partial charge in [-0.2, -0.15) is 0 Å². The summed E-state index contributed by atoms with van der Waals surface area (Å²) in [5, 5.41) is 8.83. The van der Waals surface area contributed by atoms with Crippen molar-refractivity contribution < 1.29 is 9.59 Å². The van der Waals surface area contributed by atoms with E-state index in [0.29, 0.717) is 25.4 Å². The minimum Gasteiger partial charge on any atom is -0.343 e. The molecule has 3 heterocycles. The summed E-state index contributed by atoms with van der Waals surface area (Å²) in [6.45, 7) is 5.19. The topological polar surface area (TPSA) is 71.3 Å². The van der Waals surface area contributed by atoms with Gasteiger partial charge in [0, 0.05) is 45.4 Å². The molecule has 2 aliphatic heterocycles. The fourth-order valence-electron chi connectivity index (χ4n) is 4.20. The zero-order valence-electron chi connectivity index (χ0n) is 16.4. The summed E-state index contributed by atoms with van der Waals surface area (Å²) in [6.07, 6.45) is 3.15. The molecule has 2 amide bonds. The lowest BCUT2D eigenvalue weighted by atomic mass is 9.95. The lowest BCUT2D eigenvalue weighted by molar-refractivity contribution is -0.132. The Morgan fingerprint density at radius 1 is 1.00 bits per heavy atom. The summed E-state index contributed by atoms with van der Waals surface area (Å²) in [7, 11) is 0. The summed E-state index contributed by atoms with van der Waals surface area (Å²) in [4.78, 5) is 27.9. The minimum atomic E-state index is 0.145. The Morgan fingerprint density at radius 2 is 1.75 bits per heavy atom. The third-order valence-electron chi connectivity index (χ3n) is 5.91. The van der Waals surface area contributed by atoms with E-state index in [1.807, 2.05) is 28.0 Å². The summed E-state index contributed by atoms with van der Waals surface area (Å²) >= 11 is 0. The normalized spacial score (nSPS) is 17.5. The number of carbonyl (C=O) groups is 2. The maximum absolute atomic E-state index is 12.6. The van der Waals surface area contributed by atoms with Crippen molar-refractivity contribution in [3.8, 4) is 0 Å². The zero-order valence-corrected chi connectivity index (χ0v) is 16.4. The molecule has 1 saturated heterocycles. The van der Waals surface area contributed by atoms with Crippen LogP contribution >= 0.6 is 0 Å². The van der Waals surface area contributed by atoms with Crippen molar-refractivity contribution in [3.63, 3.8) is 0 Å². The highest BCUT2D eigenvalue weighted by Crippen LogP contribution is 2.28. The van der Waals surface area contributed by atoms with Gasteiger partial charge in [0.05, 0.1) is 6.54 Å². The molecular formula is C21H27N5O2. The third-order valence-corrected chi connectivity index (χ3v) is 5.91. The number of amides is 2. The maximum Gasteiger partial charge on any atom is 0.223 e. The van der Waals surface area contributed by atoms with Crippen LogP contribution in [0.5, 0.6) is 0 Å². The first-order valence-electron chi connectivity index (χ1n) is 10.1. The first-order chi connectivity index (χ1) is 13.6. The lowest BCUT2D eigenvalue weighted by Gasteiger charge is -2.32. The van der Waals surface area contributed by atoms with Gasteiger partial charge in [-0.3, -0.25) is 9.59 Å². The Kier molecular flexibility index (Phi) is 5.41. The number of fused-ring (bicyclic) bond motifs is 1. The number of likely N-dealkylation sites (tertiary alicyclic amines) is 1. The molecule has 0 saturated carbocycles. The molecule has 1 aromatic heterocycles. The molecule has 0 aliphatic carbocycles. The number of benzene rings is 1. The van der Waals surface area contributed by atoms with Crippen LogP contribution in [-0.4, -0.2) is 56.0 Å². The van der Waals surface area contributed by atoms with Crippen molar-refractivity contribution in [2.24, 2.45) is 0 Å². The average molecular weight is 381 g/mol. The van der Waals surface area contributed by atoms with E-state index >= 15 is 0 Å². The fourth-order valence-corrected chi connectivity index (χ4v) is 4.20. The highest BCUT2D eigenvalue weighted by atomic mass is 16.2. The number of hydrogen-bond acceptors (Lipinski definition) is 4. The van der Waals surface area contributed by atoms with Crippen molar-refractivity contribution in [1.29, 1.82) is 0 Å². The van der Waals surface area contributed by atoms with E-state index in [4.69, 9.17) is 0 Å². The Labute approximate surface area is 165 Å². The van der Waals surface area contributed by atoms with E-state index in [1.165, 1.54) is 5.56 Å². The van der Waals surface area contributed by atoms with Gasteiger partial charge in [-0.1, -0.05) is 30.3 Å². The van der Waals surface area contributed by atoms with E-state index in [-0.39, 0.29) is 11.8 Å². The van der Waals surface area contributed by atoms with Crippen LogP contribution in [0.3, 0.4) is 0 Å². The van der Waals surface area contributed by atoms with Gasteiger partial charge in [-0.15, -0.1) is 10.2 Å². The van der Waals surface area contributed by atoms with Crippen LogP contribution in [0.2, 0.25) is 0 Å². The molecule has 1 fully saturated rings. The van der Waals surface area contributed by atoms with Crippen LogP contribution in [0.4, 0.5) is 0 Å². The second kappa shape index (κ2) is 8.12. The number of piperidine rings is 1. The molecule has 7 heteroatoms. The summed E-state index contributed by atoms with van der Waals surface area (Å²) in [5.74, 6) is 2.57. The Bertz CT molecular complexity index is 840. The summed E-state index contributed by atoms with van der Waals surface area (Å²) in [5.41, 5.74) is 1.19. The Morgan fingerprint density at radius 3 is 2.46 bits per heavy atom. The predicted molar refractivity (Wildman–Crippen MR) is 104 cm³/mol. The van der Waals surface area contributed by atoms with E-state index in [0.717, 1.165) is 50.5 Å². The first-order valence-corrected chi connectivity index (χ1v) is 10.1. The van der Waals surface area contributed by atoms with E-state index in [1.54, 1.807) is 6.92 Å². The van der Waals surface area contributed by atoms with Crippen LogP contribution in [0, 0.1) is 0 Å². The van der Waals surface area contributed by atoms with Gasteiger partial charge in [0.2, 0.25) is 11.8 Å². The Balaban J connectivity index is 1.35. The smallest absolute Gasteiger partial charge is 0.223 e. The second-order valence-corrected chi connectivity index (χ2v) is 7.71. The van der Waals surface area contributed by atoms with Crippen molar-refractivity contribution >= 4 is 11.8 Å². The number of hydrogen-bond donors (Lipinski definition) is 0. The third kappa shape index (κ3) is 3.93. The molecule has 4 rings (SSSR count). The van der Waals surface area contributed by atoms with Gasteiger partial charge in [0.1, 0.15) is 5.82 Å². The lowest BCUT2D eigenvalue weighted by Crippen LogP contribution is -2.40. The van der Waals surface area contributed by atoms with Crippen molar-refractivity contribution in [2.45, 2.75) is 51.6 Å². The number of aromatic nitrogens is 3. The van der Waals surface area contributed by atoms with E-state index < -0.39 is 0 Å². The molecule has 0 spiro atoms. The quantitative estimate of drug-likeness (QED) is 0.812. The molecule has 2 aliphatic rings. The van der Waals surface area contributed by atoms with Crippen LogP contribution in [0.15, 0.2) is 30.3 Å². The molecular weight excluding hydrogens is 354 g/mol. The van der Waals surface area contributed by atoms with Crippen molar-refractivity contribution in [1.82, 2.24) is 24.6 Å². The highest BCUT2D eigenvalue weighted by Gasteiger charge is 2.30. The highest BCUT2D eigenvalue weighted by molar-refractivity contribution is 5.76. The van der Waals surface area contributed by atoms with Crippen LogP contribution in [0.25, 0.3) is 0 Å². The van der Waals surface area contributed by atoms with Crippen molar-refractivity contribution in [2.75, 3.05) is 19.6 Å². The SMILES string of the molecule is CC(=O)N1CCC(c2nnc3n2CCN(C(=O)CCc2ccccc2)C3)CC1. The summed E-state index contributed by atoms with van der Waals surface area (Å²) < 4.78 is 2.19. The number of rotatable bonds is 4. The zero-order chi connectivity index (χ0) is 19.5. The monoisotopic (exact) mass is 381 g/mol. The van der Waals surface area contributed by atoms with Crippen LogP contribution in [-0.2, 0) is 29.1 Å². The van der Waals surface area contributed by atoms with Crippen LogP contribution in [0.1, 0.15) is 49.3 Å². The summed E-state index contributed by atoms with van der Waals surface area (Å²) in [6, 6.07) is 10.1. The van der Waals surface area contributed by atoms with Gasteiger partial charge in [0.15, 0.2) is 5.82 Å². The van der Waals surface area contributed by atoms with E-state index in [9.17, 15) is 9.59 Å². The number of nitrogens with zero attached hydrogens (tertiary/aromatic N) is 5. The number of aryl methyl sites for hydroxylation is 1. The van der Waals surface area contributed by atoms with Gasteiger partial charge < -0.3 is 14.4 Å². The second-order valence-electron chi connectivity index (χ2n) is 7.71. The first kappa shape index (κ1) is 18.7. The van der Waals surface area contributed by atoms with Crippen molar-refractivity contribution in [3.05, 3.63) is 47.5 Å². The molecule has 0 bridgehead atoms. The molecule has 1 aromatic carbocycles. The molecule has 148 valence electrons. The fraction of sp³-hybridized carbons (Fsp3) is 0.524. The molecule has 0 unspecified atom stereocenters. The Hall–Kier alpha value is -2.70. The van der Waals surface area contributed by atoms with Crippen LogP contribution < -0.4 is 0 Å². The minimum absolute atomic E-state index is 0.145. The number of carbonyl (C=O) groups excluding carboxylic acids is 2. The van der Waals surface area contributed by atoms with Gasteiger partial charge in [-0.25, -0.2) is 0 Å². The van der Waals surface area contributed by atoms with Gasteiger partial charge in [0.25, 0.3) is 0 Å². The standard InChI is InChI=1S/C21H27N5O2/c1-16(27)24-11-9-18(10-12-24)21-23-22-19-15-25(13-14-26(19)21)20(28)8-7-17-5-3-2-4-6-17/h2-6,18H,7-15H2,1H3. The molecule has 0 N–H and O–H groups in total. The maximum atomic E-state index is 12.6. The molecule has 28 heavy (non-hydrogen) atoms. The molecule has 0 atom stereocenters. The average Bonchev–Trinajstić information content (AvgIpc) is 3.16. The molecule has 2 aromatic rings. The van der Waals surface area contributed by atoms with Gasteiger partial charge >= 0.3 is 0 Å².